The molecule has 0 spiro atoms. The number of aromatic nitrogens is 2. The number of rotatable bonds is 2. The molecular weight excluding hydrogens is 304 g/mol. The summed E-state index contributed by atoms with van der Waals surface area (Å²) in [6, 6.07) is 10.4. The van der Waals surface area contributed by atoms with Crippen LogP contribution in [0, 0.1) is 0 Å². The minimum Gasteiger partial charge on any atom is -0.335 e. The number of aryl methyl sites for hydroxylation is 1. The van der Waals surface area contributed by atoms with E-state index in [4.69, 9.17) is 0 Å². The van der Waals surface area contributed by atoms with Crippen LogP contribution in [0.4, 0.5) is 4.79 Å². The second kappa shape index (κ2) is 5.78. The molecule has 4 rings (SSSR count). The Kier molecular flexibility index (Phi) is 3.59. The summed E-state index contributed by atoms with van der Waals surface area (Å²) < 4.78 is 1.49. The van der Waals surface area contributed by atoms with E-state index in [1.165, 1.54) is 16.5 Å². The Hall–Kier alpha value is -2.63. The summed E-state index contributed by atoms with van der Waals surface area (Å²) in [7, 11) is 1.70. The molecule has 1 aliphatic carbocycles. The molecule has 1 saturated carbocycles. The number of benzene rings is 1. The number of nitrogens with zero attached hydrogens (tertiary/aromatic N) is 3. The molecule has 0 radical (unpaired) electrons. The van der Waals surface area contributed by atoms with Gasteiger partial charge in [0.2, 0.25) is 0 Å². The molecule has 2 atom stereocenters. The predicted molar refractivity (Wildman–Crippen MR) is 89.7 cm³/mol. The highest BCUT2D eigenvalue weighted by molar-refractivity contribution is 5.75. The molecule has 2 aliphatic rings. The molecule has 1 aliphatic heterocycles. The molecule has 2 amide bonds. The summed E-state index contributed by atoms with van der Waals surface area (Å²) in [6.07, 6.45) is 3.07. The smallest absolute Gasteiger partial charge is 0.317 e. The minimum absolute atomic E-state index is 0.00797. The third-order valence-electron chi connectivity index (χ3n) is 4.90. The van der Waals surface area contributed by atoms with Gasteiger partial charge in [0.05, 0.1) is 18.6 Å². The van der Waals surface area contributed by atoms with Crippen LogP contribution < -0.4 is 10.9 Å². The van der Waals surface area contributed by atoms with Crippen molar-refractivity contribution in [1.29, 1.82) is 0 Å². The van der Waals surface area contributed by atoms with E-state index in [0.717, 1.165) is 17.7 Å². The molecule has 1 aromatic carbocycles. The number of carbonyl (C=O) groups excluding carboxylic acids is 1. The molecule has 2 aromatic rings. The zero-order valence-electron chi connectivity index (χ0n) is 13.6. The van der Waals surface area contributed by atoms with Crippen molar-refractivity contribution < 1.29 is 4.79 Å². The highest BCUT2D eigenvalue weighted by atomic mass is 16.2. The summed E-state index contributed by atoms with van der Waals surface area (Å²) in [5, 5.41) is 3.10. The van der Waals surface area contributed by atoms with Crippen LogP contribution in [0.5, 0.6) is 0 Å². The van der Waals surface area contributed by atoms with Crippen LogP contribution in [0.15, 0.2) is 41.5 Å². The highest BCUT2D eigenvalue weighted by Gasteiger charge is 2.40. The van der Waals surface area contributed by atoms with Crippen molar-refractivity contribution in [2.24, 2.45) is 7.05 Å². The lowest BCUT2D eigenvalue weighted by Gasteiger charge is -2.28. The molecule has 0 saturated heterocycles. The molecule has 124 valence electrons. The van der Waals surface area contributed by atoms with Crippen LogP contribution in [0.1, 0.15) is 29.2 Å². The van der Waals surface area contributed by atoms with Crippen molar-refractivity contribution in [2.45, 2.75) is 31.3 Å². The Morgan fingerprint density at radius 2 is 2.08 bits per heavy atom. The third kappa shape index (κ3) is 2.68. The molecular formula is C18H20N4O2. The van der Waals surface area contributed by atoms with Gasteiger partial charge in [0, 0.05) is 31.1 Å². The minimum atomic E-state index is -0.0634. The van der Waals surface area contributed by atoms with Gasteiger partial charge in [0.25, 0.3) is 5.56 Å². The number of urea groups is 1. The van der Waals surface area contributed by atoms with E-state index in [0.29, 0.717) is 25.4 Å². The van der Waals surface area contributed by atoms with Gasteiger partial charge in [0.1, 0.15) is 0 Å². The summed E-state index contributed by atoms with van der Waals surface area (Å²) >= 11 is 0. The Morgan fingerprint density at radius 1 is 1.29 bits per heavy atom. The van der Waals surface area contributed by atoms with Crippen molar-refractivity contribution in [3.8, 4) is 0 Å². The van der Waals surface area contributed by atoms with Crippen molar-refractivity contribution in [3.05, 3.63) is 63.8 Å². The van der Waals surface area contributed by atoms with Crippen molar-refractivity contribution >= 4 is 6.03 Å². The highest BCUT2D eigenvalue weighted by Crippen LogP contribution is 2.40. The van der Waals surface area contributed by atoms with Gasteiger partial charge in [-0.3, -0.25) is 4.79 Å². The first-order valence-electron chi connectivity index (χ1n) is 8.27. The first kappa shape index (κ1) is 14.9. The van der Waals surface area contributed by atoms with E-state index >= 15 is 0 Å². The van der Waals surface area contributed by atoms with E-state index in [2.05, 4.69) is 22.4 Å². The normalized spacial score (nSPS) is 22.0. The fourth-order valence-electron chi connectivity index (χ4n) is 3.36. The van der Waals surface area contributed by atoms with Gasteiger partial charge in [-0.2, -0.15) is 0 Å². The van der Waals surface area contributed by atoms with Gasteiger partial charge >= 0.3 is 6.03 Å². The van der Waals surface area contributed by atoms with Gasteiger partial charge in [-0.1, -0.05) is 30.3 Å². The van der Waals surface area contributed by atoms with Gasteiger partial charge in [-0.15, -0.1) is 0 Å². The van der Waals surface area contributed by atoms with Crippen molar-refractivity contribution in [1.82, 2.24) is 19.8 Å². The molecule has 0 unspecified atom stereocenters. The standard InChI is InChI=1S/C18H20N4O2/c1-21-11-19-16-10-22(8-7-13(16)17(21)23)18(24)20-15-9-14(15)12-5-3-2-4-6-12/h2-6,11,14-15H,7-10H2,1H3,(H,20,24)/t14-,15-/m1/s1. The molecule has 1 aromatic heterocycles. The zero-order chi connectivity index (χ0) is 16.7. The lowest BCUT2D eigenvalue weighted by Crippen LogP contribution is -2.45. The average molecular weight is 324 g/mol. The lowest BCUT2D eigenvalue weighted by molar-refractivity contribution is 0.190. The Bertz CT molecular complexity index is 831. The zero-order valence-corrected chi connectivity index (χ0v) is 13.6. The summed E-state index contributed by atoms with van der Waals surface area (Å²) in [4.78, 5) is 30.6. The van der Waals surface area contributed by atoms with Crippen molar-refractivity contribution in [2.75, 3.05) is 6.54 Å². The SMILES string of the molecule is Cn1cnc2c(c1=O)CCN(C(=O)N[C@@H]1C[C@@H]1c1ccccc1)C2. The Morgan fingerprint density at radius 3 is 2.88 bits per heavy atom. The van der Waals surface area contributed by atoms with Gasteiger partial charge in [-0.05, 0) is 18.4 Å². The maximum absolute atomic E-state index is 12.5. The van der Waals surface area contributed by atoms with E-state index < -0.39 is 0 Å². The molecule has 1 N–H and O–H groups in total. The van der Waals surface area contributed by atoms with Gasteiger partial charge in [-0.25, -0.2) is 9.78 Å². The largest absolute Gasteiger partial charge is 0.335 e. The second-order valence-corrected chi connectivity index (χ2v) is 6.57. The molecule has 6 nitrogen and oxygen atoms in total. The quantitative estimate of drug-likeness (QED) is 0.908. The molecule has 2 heterocycles. The third-order valence-corrected chi connectivity index (χ3v) is 4.90. The number of amides is 2. The van der Waals surface area contributed by atoms with Crippen LogP contribution in [0.2, 0.25) is 0 Å². The summed E-state index contributed by atoms with van der Waals surface area (Å²) in [5.74, 6) is 0.414. The van der Waals surface area contributed by atoms with Crippen LogP contribution in [-0.2, 0) is 20.0 Å². The van der Waals surface area contributed by atoms with Crippen LogP contribution in [0.25, 0.3) is 0 Å². The molecule has 6 heteroatoms. The van der Waals surface area contributed by atoms with Crippen LogP contribution >= 0.6 is 0 Å². The number of carbonyl (C=O) groups is 1. The van der Waals surface area contributed by atoms with Gasteiger partial charge in [0.15, 0.2) is 0 Å². The topological polar surface area (TPSA) is 67.2 Å². The number of fused-ring (bicyclic) bond motifs is 1. The van der Waals surface area contributed by atoms with Crippen LogP contribution in [-0.4, -0.2) is 33.1 Å². The lowest BCUT2D eigenvalue weighted by atomic mass is 10.1. The number of hydrogen-bond donors (Lipinski definition) is 1. The molecule has 0 bridgehead atoms. The van der Waals surface area contributed by atoms with E-state index in [1.807, 2.05) is 18.2 Å². The fraction of sp³-hybridized carbons (Fsp3) is 0.389. The molecule has 1 fully saturated rings. The second-order valence-electron chi connectivity index (χ2n) is 6.57. The van der Waals surface area contributed by atoms with E-state index in [9.17, 15) is 9.59 Å². The van der Waals surface area contributed by atoms with Crippen molar-refractivity contribution in [3.63, 3.8) is 0 Å². The molecule has 24 heavy (non-hydrogen) atoms. The summed E-state index contributed by atoms with van der Waals surface area (Å²) in [5.41, 5.74) is 2.72. The van der Waals surface area contributed by atoms with Crippen LogP contribution in [0.3, 0.4) is 0 Å². The van der Waals surface area contributed by atoms with Gasteiger partial charge < -0.3 is 14.8 Å². The maximum atomic E-state index is 12.5. The number of nitrogens with one attached hydrogen (secondary N) is 1. The predicted octanol–water partition coefficient (Wildman–Crippen LogP) is 1.40. The maximum Gasteiger partial charge on any atom is 0.317 e. The fourth-order valence-corrected chi connectivity index (χ4v) is 3.36. The average Bonchev–Trinajstić information content (AvgIpc) is 3.38. The van der Waals surface area contributed by atoms with E-state index in [-0.39, 0.29) is 17.6 Å². The Balaban J connectivity index is 1.40. The van der Waals surface area contributed by atoms with E-state index in [1.54, 1.807) is 11.9 Å². The first-order valence-corrected chi connectivity index (χ1v) is 8.27. The Labute approximate surface area is 140 Å². The number of hydrogen-bond acceptors (Lipinski definition) is 3. The monoisotopic (exact) mass is 324 g/mol. The summed E-state index contributed by atoms with van der Waals surface area (Å²) in [6.45, 7) is 0.961. The first-order chi connectivity index (χ1) is 11.6.